The highest BCUT2D eigenvalue weighted by molar-refractivity contribution is 9.11. The largest absolute Gasteiger partial charge is 0.351 e. The number of likely N-dealkylation sites (tertiary alicyclic amines) is 1. The maximum atomic E-state index is 11.9. The minimum atomic E-state index is -0.102. The monoisotopic (exact) mass is 358 g/mol. The van der Waals surface area contributed by atoms with Gasteiger partial charge in [0.2, 0.25) is 5.91 Å². The van der Waals surface area contributed by atoms with Crippen LogP contribution >= 0.6 is 27.3 Å². The molecule has 0 bridgehead atoms. The van der Waals surface area contributed by atoms with Gasteiger partial charge < -0.3 is 10.2 Å². The third kappa shape index (κ3) is 4.06. The first-order valence-electron chi connectivity index (χ1n) is 6.90. The topological polar surface area (TPSA) is 49.4 Å². The van der Waals surface area contributed by atoms with Crippen molar-refractivity contribution in [1.29, 1.82) is 0 Å². The highest BCUT2D eigenvalue weighted by Crippen LogP contribution is 2.27. The Morgan fingerprint density at radius 1 is 1.35 bits per heavy atom. The van der Waals surface area contributed by atoms with Gasteiger partial charge in [-0.2, -0.15) is 0 Å². The average Bonchev–Trinajstić information content (AvgIpc) is 2.79. The van der Waals surface area contributed by atoms with Gasteiger partial charge >= 0.3 is 0 Å². The van der Waals surface area contributed by atoms with Gasteiger partial charge in [-0.3, -0.25) is 9.59 Å². The first kappa shape index (κ1) is 15.5. The van der Waals surface area contributed by atoms with Crippen LogP contribution < -0.4 is 5.32 Å². The maximum Gasteiger partial charge on any atom is 0.261 e. The molecule has 1 saturated heterocycles. The number of hydrogen-bond acceptors (Lipinski definition) is 3. The van der Waals surface area contributed by atoms with Crippen LogP contribution in [0, 0.1) is 6.92 Å². The molecule has 4 nitrogen and oxygen atoms in total. The second kappa shape index (κ2) is 7.22. The minimum Gasteiger partial charge on any atom is -0.351 e. The Morgan fingerprint density at radius 2 is 2.05 bits per heavy atom. The van der Waals surface area contributed by atoms with E-state index in [-0.39, 0.29) is 11.8 Å². The maximum absolute atomic E-state index is 11.9. The second-order valence-electron chi connectivity index (χ2n) is 5.01. The average molecular weight is 359 g/mol. The van der Waals surface area contributed by atoms with Crippen LogP contribution in [-0.2, 0) is 4.79 Å². The molecular weight excluding hydrogens is 340 g/mol. The van der Waals surface area contributed by atoms with E-state index in [1.54, 1.807) is 0 Å². The van der Waals surface area contributed by atoms with Crippen LogP contribution in [0.5, 0.6) is 0 Å². The molecule has 2 rings (SSSR count). The SMILES string of the molecule is Cc1cc(C(=O)NCCC(=O)N2CCCCC2)sc1Br. The lowest BCUT2D eigenvalue weighted by molar-refractivity contribution is -0.131. The number of carbonyl (C=O) groups excluding carboxylic acids is 2. The molecule has 1 aromatic heterocycles. The summed E-state index contributed by atoms with van der Waals surface area (Å²) in [7, 11) is 0. The lowest BCUT2D eigenvalue weighted by atomic mass is 10.1. The first-order valence-corrected chi connectivity index (χ1v) is 8.51. The summed E-state index contributed by atoms with van der Waals surface area (Å²) < 4.78 is 0.979. The van der Waals surface area contributed by atoms with Crippen molar-refractivity contribution < 1.29 is 9.59 Å². The number of thiophene rings is 1. The number of halogens is 1. The Balaban J connectivity index is 1.75. The fraction of sp³-hybridized carbons (Fsp3) is 0.571. The van der Waals surface area contributed by atoms with E-state index in [1.165, 1.54) is 17.8 Å². The van der Waals surface area contributed by atoms with Crippen LogP contribution in [0.2, 0.25) is 0 Å². The van der Waals surface area contributed by atoms with Crippen molar-refractivity contribution in [2.45, 2.75) is 32.6 Å². The Labute approximate surface area is 131 Å². The molecule has 0 saturated carbocycles. The van der Waals surface area contributed by atoms with Crippen LogP contribution in [0.15, 0.2) is 9.85 Å². The molecule has 1 aliphatic rings. The zero-order valence-corrected chi connectivity index (χ0v) is 14.0. The molecule has 2 heterocycles. The lowest BCUT2D eigenvalue weighted by Crippen LogP contribution is -2.37. The standard InChI is InChI=1S/C14H19BrN2O2S/c1-10-9-11(20-13(10)15)14(19)16-6-5-12(18)17-7-3-2-4-8-17/h9H,2-8H2,1H3,(H,16,19). The predicted octanol–water partition coefficient (Wildman–Crippen LogP) is 2.95. The summed E-state index contributed by atoms with van der Waals surface area (Å²) in [5.74, 6) is 0.0452. The Bertz CT molecular complexity index is 476. The van der Waals surface area contributed by atoms with Crippen molar-refractivity contribution in [2.24, 2.45) is 0 Å². The lowest BCUT2D eigenvalue weighted by Gasteiger charge is -2.26. The molecule has 1 fully saturated rings. The van der Waals surface area contributed by atoms with Gasteiger partial charge in [-0.1, -0.05) is 0 Å². The van der Waals surface area contributed by atoms with Gasteiger partial charge in [0, 0.05) is 26.1 Å². The van der Waals surface area contributed by atoms with E-state index in [4.69, 9.17) is 0 Å². The van der Waals surface area contributed by atoms with Gasteiger partial charge in [0.25, 0.3) is 5.91 Å². The molecule has 1 aromatic rings. The van der Waals surface area contributed by atoms with Crippen molar-refractivity contribution in [3.05, 3.63) is 20.3 Å². The Kier molecular flexibility index (Phi) is 5.60. The van der Waals surface area contributed by atoms with Crippen LogP contribution in [0.25, 0.3) is 0 Å². The van der Waals surface area contributed by atoms with Crippen LogP contribution in [0.1, 0.15) is 40.9 Å². The number of rotatable bonds is 4. The number of piperidine rings is 1. The number of aryl methyl sites for hydroxylation is 1. The van der Waals surface area contributed by atoms with Gasteiger partial charge in [-0.05, 0) is 53.7 Å². The van der Waals surface area contributed by atoms with Gasteiger partial charge in [0.05, 0.1) is 8.66 Å². The van der Waals surface area contributed by atoms with E-state index in [0.717, 1.165) is 35.3 Å². The molecule has 0 aromatic carbocycles. The second-order valence-corrected chi connectivity index (χ2v) is 7.38. The third-order valence-corrected chi connectivity index (χ3v) is 5.55. The molecule has 0 spiro atoms. The number of amides is 2. The summed E-state index contributed by atoms with van der Waals surface area (Å²) in [5.41, 5.74) is 1.06. The van der Waals surface area contributed by atoms with Crippen molar-refractivity contribution in [3.8, 4) is 0 Å². The summed E-state index contributed by atoms with van der Waals surface area (Å²) >= 11 is 4.82. The molecule has 0 radical (unpaired) electrons. The number of hydrogen-bond donors (Lipinski definition) is 1. The van der Waals surface area contributed by atoms with Crippen molar-refractivity contribution >= 4 is 39.1 Å². The van der Waals surface area contributed by atoms with E-state index in [2.05, 4.69) is 21.2 Å². The van der Waals surface area contributed by atoms with Crippen molar-refractivity contribution in [1.82, 2.24) is 10.2 Å². The fourth-order valence-corrected chi connectivity index (χ4v) is 3.69. The highest BCUT2D eigenvalue weighted by atomic mass is 79.9. The van der Waals surface area contributed by atoms with Crippen LogP contribution in [-0.4, -0.2) is 36.3 Å². The summed E-state index contributed by atoms with van der Waals surface area (Å²) in [4.78, 5) is 26.5. The summed E-state index contributed by atoms with van der Waals surface area (Å²) in [5, 5.41) is 2.81. The summed E-state index contributed by atoms with van der Waals surface area (Å²) in [6.07, 6.45) is 3.80. The molecule has 2 amide bonds. The van der Waals surface area contributed by atoms with E-state index in [1.807, 2.05) is 17.9 Å². The minimum absolute atomic E-state index is 0.102. The van der Waals surface area contributed by atoms with Gasteiger partial charge in [0.15, 0.2) is 0 Å². The molecule has 0 unspecified atom stereocenters. The van der Waals surface area contributed by atoms with E-state index >= 15 is 0 Å². The number of nitrogens with zero attached hydrogens (tertiary/aromatic N) is 1. The fourth-order valence-electron chi connectivity index (χ4n) is 2.24. The Hall–Kier alpha value is -0.880. The van der Waals surface area contributed by atoms with E-state index < -0.39 is 0 Å². The first-order chi connectivity index (χ1) is 9.58. The molecule has 110 valence electrons. The Morgan fingerprint density at radius 3 is 2.65 bits per heavy atom. The van der Waals surface area contributed by atoms with E-state index in [9.17, 15) is 9.59 Å². The highest BCUT2D eigenvalue weighted by Gasteiger charge is 2.16. The predicted molar refractivity (Wildman–Crippen MR) is 84.1 cm³/mol. The molecule has 20 heavy (non-hydrogen) atoms. The molecule has 0 atom stereocenters. The quantitative estimate of drug-likeness (QED) is 0.899. The smallest absolute Gasteiger partial charge is 0.261 e. The van der Waals surface area contributed by atoms with Gasteiger partial charge in [0.1, 0.15) is 0 Å². The zero-order valence-electron chi connectivity index (χ0n) is 11.6. The molecule has 6 heteroatoms. The van der Waals surface area contributed by atoms with Crippen LogP contribution in [0.3, 0.4) is 0 Å². The zero-order chi connectivity index (χ0) is 14.5. The number of nitrogens with one attached hydrogen (secondary N) is 1. The van der Waals surface area contributed by atoms with Gasteiger partial charge in [-0.15, -0.1) is 11.3 Å². The molecule has 0 aliphatic carbocycles. The molecule has 1 N–H and O–H groups in total. The van der Waals surface area contributed by atoms with Crippen molar-refractivity contribution in [2.75, 3.05) is 19.6 Å². The normalized spacial score (nSPS) is 15.2. The van der Waals surface area contributed by atoms with Crippen molar-refractivity contribution in [3.63, 3.8) is 0 Å². The van der Waals surface area contributed by atoms with E-state index in [0.29, 0.717) is 17.8 Å². The third-order valence-electron chi connectivity index (χ3n) is 3.41. The van der Waals surface area contributed by atoms with Crippen LogP contribution in [0.4, 0.5) is 0 Å². The van der Waals surface area contributed by atoms with Gasteiger partial charge in [-0.25, -0.2) is 0 Å². The molecular formula is C14H19BrN2O2S. The summed E-state index contributed by atoms with van der Waals surface area (Å²) in [6, 6.07) is 1.86. The molecule has 1 aliphatic heterocycles. The number of carbonyl (C=O) groups is 2. The summed E-state index contributed by atoms with van der Waals surface area (Å²) in [6.45, 7) is 4.09.